The van der Waals surface area contributed by atoms with Crippen LogP contribution in [0.1, 0.15) is 5.56 Å². The molecule has 0 radical (unpaired) electrons. The molecule has 1 nitrogen and oxygen atoms in total. The zero-order valence-corrected chi connectivity index (χ0v) is 8.50. The summed E-state index contributed by atoms with van der Waals surface area (Å²) in [5.74, 6) is 0. The minimum Gasteiger partial charge on any atom is -0.265 e. The molecule has 1 aromatic heterocycles. The highest BCUT2D eigenvalue weighted by molar-refractivity contribution is 8.93. The van der Waals surface area contributed by atoms with Crippen LogP contribution in [0.15, 0.2) is 24.5 Å². The van der Waals surface area contributed by atoms with Crippen LogP contribution in [0.5, 0.6) is 0 Å². The standard InChI is InChI=1S/C6H7N.2BrH/c1-6-2-4-7-5-3-6;;/h2-5H,1H3;2*1H. The number of aryl methyl sites for hydroxylation is 1. The van der Waals surface area contributed by atoms with Gasteiger partial charge in [0.25, 0.3) is 0 Å². The first-order chi connectivity index (χ1) is 3.39. The van der Waals surface area contributed by atoms with Gasteiger partial charge in [0.1, 0.15) is 0 Å². The Kier molecular flexibility index (Phi) is 8.21. The Morgan fingerprint density at radius 2 is 1.56 bits per heavy atom. The van der Waals surface area contributed by atoms with Gasteiger partial charge in [0.05, 0.1) is 0 Å². The van der Waals surface area contributed by atoms with E-state index in [1.54, 1.807) is 12.4 Å². The van der Waals surface area contributed by atoms with Gasteiger partial charge in [-0.2, -0.15) is 0 Å². The van der Waals surface area contributed by atoms with Gasteiger partial charge < -0.3 is 0 Å². The first-order valence-electron chi connectivity index (χ1n) is 2.26. The molecule has 0 unspecified atom stereocenters. The van der Waals surface area contributed by atoms with E-state index in [1.165, 1.54) is 5.56 Å². The molecule has 0 bridgehead atoms. The van der Waals surface area contributed by atoms with Crippen molar-refractivity contribution >= 4 is 34.0 Å². The molecule has 0 aliphatic rings. The van der Waals surface area contributed by atoms with E-state index in [1.807, 2.05) is 19.1 Å². The molecule has 3 heteroatoms. The van der Waals surface area contributed by atoms with E-state index in [0.717, 1.165) is 0 Å². The van der Waals surface area contributed by atoms with Crippen molar-refractivity contribution in [1.82, 2.24) is 4.98 Å². The molecule has 0 spiro atoms. The fourth-order valence-corrected chi connectivity index (χ4v) is 0.426. The lowest BCUT2D eigenvalue weighted by molar-refractivity contribution is 1.29. The summed E-state index contributed by atoms with van der Waals surface area (Å²) in [6, 6.07) is 3.94. The van der Waals surface area contributed by atoms with Gasteiger partial charge in [-0.25, -0.2) is 0 Å². The lowest BCUT2D eigenvalue weighted by Gasteiger charge is -1.82. The van der Waals surface area contributed by atoms with Crippen LogP contribution in [0, 0.1) is 6.92 Å². The Balaban J connectivity index is 0. The van der Waals surface area contributed by atoms with Crippen molar-refractivity contribution in [1.29, 1.82) is 0 Å². The van der Waals surface area contributed by atoms with Crippen molar-refractivity contribution in [3.8, 4) is 0 Å². The van der Waals surface area contributed by atoms with Gasteiger partial charge >= 0.3 is 0 Å². The largest absolute Gasteiger partial charge is 0.265 e. The first kappa shape index (κ1) is 11.9. The molecule has 0 saturated carbocycles. The third-order valence-corrected chi connectivity index (χ3v) is 0.847. The summed E-state index contributed by atoms with van der Waals surface area (Å²) < 4.78 is 0. The number of rotatable bonds is 0. The number of nitrogens with zero attached hydrogens (tertiary/aromatic N) is 1. The molecule has 0 aliphatic heterocycles. The fraction of sp³-hybridized carbons (Fsp3) is 0.167. The lowest BCUT2D eigenvalue weighted by Crippen LogP contribution is -1.68. The second-order valence-electron chi connectivity index (χ2n) is 1.52. The monoisotopic (exact) mass is 253 g/mol. The van der Waals surface area contributed by atoms with Crippen molar-refractivity contribution in [2.24, 2.45) is 0 Å². The lowest BCUT2D eigenvalue weighted by atomic mass is 10.3. The Morgan fingerprint density at radius 1 is 1.11 bits per heavy atom. The summed E-state index contributed by atoms with van der Waals surface area (Å²) in [6.45, 7) is 2.04. The van der Waals surface area contributed by atoms with Gasteiger partial charge in [-0.15, -0.1) is 34.0 Å². The third kappa shape index (κ3) is 4.60. The summed E-state index contributed by atoms with van der Waals surface area (Å²) in [5.41, 5.74) is 1.26. The maximum absolute atomic E-state index is 3.85. The molecule has 1 rings (SSSR count). The summed E-state index contributed by atoms with van der Waals surface area (Å²) in [5, 5.41) is 0. The quantitative estimate of drug-likeness (QED) is 0.694. The van der Waals surface area contributed by atoms with Crippen LogP contribution in [-0.2, 0) is 0 Å². The molecule has 0 aromatic carbocycles. The summed E-state index contributed by atoms with van der Waals surface area (Å²) in [4.78, 5) is 3.85. The molecular formula is C6H9Br2N. The maximum atomic E-state index is 3.85. The van der Waals surface area contributed by atoms with Gasteiger partial charge in [0, 0.05) is 12.4 Å². The zero-order valence-electron chi connectivity index (χ0n) is 5.07. The van der Waals surface area contributed by atoms with Crippen molar-refractivity contribution in [3.05, 3.63) is 30.1 Å². The summed E-state index contributed by atoms with van der Waals surface area (Å²) in [6.07, 6.45) is 3.57. The highest BCUT2D eigenvalue weighted by atomic mass is 79.9. The molecule has 1 aromatic rings. The molecule has 0 N–H and O–H groups in total. The molecule has 0 fully saturated rings. The fourth-order valence-electron chi connectivity index (χ4n) is 0.426. The van der Waals surface area contributed by atoms with E-state index in [9.17, 15) is 0 Å². The van der Waals surface area contributed by atoms with Gasteiger partial charge in [-0.05, 0) is 24.6 Å². The molecule has 1 heterocycles. The smallest absolute Gasteiger partial charge is 0.0270 e. The van der Waals surface area contributed by atoms with Crippen molar-refractivity contribution in [2.45, 2.75) is 6.92 Å². The zero-order chi connectivity index (χ0) is 5.11. The second-order valence-corrected chi connectivity index (χ2v) is 1.52. The summed E-state index contributed by atoms with van der Waals surface area (Å²) in [7, 11) is 0. The Labute approximate surface area is 76.0 Å². The van der Waals surface area contributed by atoms with E-state index in [0.29, 0.717) is 0 Å². The number of aromatic nitrogens is 1. The molecular weight excluding hydrogens is 246 g/mol. The first-order valence-corrected chi connectivity index (χ1v) is 2.26. The summed E-state index contributed by atoms with van der Waals surface area (Å²) >= 11 is 0. The molecule has 0 saturated heterocycles. The number of hydrogen-bond acceptors (Lipinski definition) is 1. The normalized spacial score (nSPS) is 6.78. The minimum atomic E-state index is 0. The SMILES string of the molecule is Br.Br.Cc1ccncc1. The van der Waals surface area contributed by atoms with Crippen LogP contribution in [0.25, 0.3) is 0 Å². The van der Waals surface area contributed by atoms with Crippen LogP contribution in [0.3, 0.4) is 0 Å². The average molecular weight is 255 g/mol. The number of halogens is 2. The molecule has 9 heavy (non-hydrogen) atoms. The third-order valence-electron chi connectivity index (χ3n) is 0.847. The van der Waals surface area contributed by atoms with Crippen molar-refractivity contribution in [3.63, 3.8) is 0 Å². The topological polar surface area (TPSA) is 12.9 Å². The second kappa shape index (κ2) is 6.23. The number of hydrogen-bond donors (Lipinski definition) is 0. The van der Waals surface area contributed by atoms with Gasteiger partial charge in [-0.3, -0.25) is 4.98 Å². The van der Waals surface area contributed by atoms with E-state index in [-0.39, 0.29) is 34.0 Å². The Bertz CT molecular complexity index is 141. The predicted molar refractivity (Wildman–Crippen MR) is 49.6 cm³/mol. The van der Waals surface area contributed by atoms with E-state index >= 15 is 0 Å². The number of pyridine rings is 1. The van der Waals surface area contributed by atoms with Gasteiger partial charge in [0.15, 0.2) is 0 Å². The minimum absolute atomic E-state index is 0. The van der Waals surface area contributed by atoms with E-state index in [2.05, 4.69) is 4.98 Å². The van der Waals surface area contributed by atoms with Gasteiger partial charge in [-0.1, -0.05) is 0 Å². The highest BCUT2D eigenvalue weighted by Crippen LogP contribution is 1.88. The van der Waals surface area contributed by atoms with Crippen molar-refractivity contribution < 1.29 is 0 Å². The molecule has 0 atom stereocenters. The van der Waals surface area contributed by atoms with Crippen molar-refractivity contribution in [2.75, 3.05) is 0 Å². The van der Waals surface area contributed by atoms with Crippen LogP contribution in [0.2, 0.25) is 0 Å². The van der Waals surface area contributed by atoms with Crippen LogP contribution in [0.4, 0.5) is 0 Å². The Hall–Kier alpha value is 0.110. The van der Waals surface area contributed by atoms with Crippen LogP contribution < -0.4 is 0 Å². The van der Waals surface area contributed by atoms with Crippen LogP contribution >= 0.6 is 34.0 Å². The molecule has 52 valence electrons. The Morgan fingerprint density at radius 3 is 1.78 bits per heavy atom. The van der Waals surface area contributed by atoms with E-state index < -0.39 is 0 Å². The average Bonchev–Trinajstić information content (AvgIpc) is 1.69. The van der Waals surface area contributed by atoms with Crippen LogP contribution in [-0.4, -0.2) is 4.98 Å². The molecule has 0 aliphatic carbocycles. The molecule has 0 amide bonds. The van der Waals surface area contributed by atoms with E-state index in [4.69, 9.17) is 0 Å². The van der Waals surface area contributed by atoms with Gasteiger partial charge in [0.2, 0.25) is 0 Å². The maximum Gasteiger partial charge on any atom is 0.0270 e. The highest BCUT2D eigenvalue weighted by Gasteiger charge is 1.72. The predicted octanol–water partition coefficient (Wildman–Crippen LogP) is 2.55.